The van der Waals surface area contributed by atoms with Gasteiger partial charge in [-0.2, -0.15) is 10.2 Å². The van der Waals surface area contributed by atoms with Crippen LogP contribution < -0.4 is 10.3 Å². The van der Waals surface area contributed by atoms with Crippen molar-refractivity contribution in [3.63, 3.8) is 0 Å². The lowest BCUT2D eigenvalue weighted by atomic mass is 10.3. The highest BCUT2D eigenvalue weighted by Crippen LogP contribution is 2.25. The van der Waals surface area contributed by atoms with Gasteiger partial charge in [0.1, 0.15) is 18.6 Å². The summed E-state index contributed by atoms with van der Waals surface area (Å²) in [7, 11) is 1.97. The zero-order chi connectivity index (χ0) is 16.2. The van der Waals surface area contributed by atoms with Crippen molar-refractivity contribution < 1.29 is 4.57 Å². The third-order valence-corrected chi connectivity index (χ3v) is 3.59. The van der Waals surface area contributed by atoms with Gasteiger partial charge in [0.25, 0.3) is 0 Å². The predicted octanol–water partition coefficient (Wildman–Crippen LogP) is 3.41. The van der Waals surface area contributed by atoms with Gasteiger partial charge in [-0.15, -0.1) is 5.11 Å². The molecule has 0 aliphatic carbocycles. The number of hydrogen-bond donors (Lipinski definition) is 1. The van der Waals surface area contributed by atoms with Gasteiger partial charge in [0.05, 0.1) is 18.4 Å². The van der Waals surface area contributed by atoms with Crippen LogP contribution in [0.4, 0.5) is 17.2 Å². The molecule has 0 fully saturated rings. The second-order valence-electron chi connectivity index (χ2n) is 5.12. The number of nitrogens with two attached hydrogens (primary N) is 1. The number of nitrogen functional groups attached to an aromatic ring is 1. The Labute approximate surface area is 138 Å². The van der Waals surface area contributed by atoms with E-state index in [0.29, 0.717) is 28.8 Å². The molecule has 0 amide bonds. The summed E-state index contributed by atoms with van der Waals surface area (Å²) >= 11 is 5.84. The summed E-state index contributed by atoms with van der Waals surface area (Å²) in [5.41, 5.74) is 8.45. The van der Waals surface area contributed by atoms with E-state index >= 15 is 0 Å². The Morgan fingerprint density at radius 2 is 1.83 bits per heavy atom. The third-order valence-electron chi connectivity index (χ3n) is 3.34. The Hall–Kier alpha value is -2.73. The average molecular weight is 328 g/mol. The first-order valence-electron chi connectivity index (χ1n) is 7.04. The van der Waals surface area contributed by atoms with Crippen LogP contribution in [-0.2, 0) is 13.6 Å². The summed E-state index contributed by atoms with van der Waals surface area (Å²) in [5.74, 6) is 0.482. The van der Waals surface area contributed by atoms with Crippen molar-refractivity contribution in [1.82, 2.24) is 9.78 Å². The molecule has 2 aromatic heterocycles. The number of halogens is 1. The minimum absolute atomic E-state index is 0.482. The van der Waals surface area contributed by atoms with Crippen LogP contribution >= 0.6 is 11.6 Å². The first kappa shape index (κ1) is 15.2. The Bertz CT molecular complexity index is 821. The molecule has 23 heavy (non-hydrogen) atoms. The van der Waals surface area contributed by atoms with E-state index in [2.05, 4.69) is 15.3 Å². The van der Waals surface area contributed by atoms with Gasteiger partial charge in [-0.1, -0.05) is 11.6 Å². The summed E-state index contributed by atoms with van der Waals surface area (Å²) in [6.45, 7) is 0.586. The summed E-state index contributed by atoms with van der Waals surface area (Å²) in [6.07, 6.45) is 5.57. The lowest BCUT2D eigenvalue weighted by Crippen LogP contribution is -2.26. The standard InChI is InChI=1S/C16H16ClN6/c1-22-8-6-12(7-9-22)11-23-16(18)15(10-19-23)21-20-14-4-2-13(17)3-5-14/h2-10H,11,18H2,1H3/q+1. The Balaban J connectivity index is 1.76. The van der Waals surface area contributed by atoms with E-state index in [9.17, 15) is 0 Å². The van der Waals surface area contributed by atoms with Gasteiger partial charge in [-0.05, 0) is 29.8 Å². The second kappa shape index (κ2) is 6.58. The molecule has 0 unspecified atom stereocenters. The number of benzene rings is 1. The monoisotopic (exact) mass is 327 g/mol. The first-order chi connectivity index (χ1) is 11.1. The van der Waals surface area contributed by atoms with E-state index in [4.69, 9.17) is 17.3 Å². The van der Waals surface area contributed by atoms with Crippen molar-refractivity contribution in [1.29, 1.82) is 0 Å². The number of pyridine rings is 1. The molecular formula is C16H16ClN6+. The van der Waals surface area contributed by atoms with Crippen molar-refractivity contribution in [3.8, 4) is 0 Å². The lowest BCUT2D eigenvalue weighted by molar-refractivity contribution is -0.671. The molecule has 2 N–H and O–H groups in total. The molecule has 0 radical (unpaired) electrons. The molecule has 0 aliphatic rings. The van der Waals surface area contributed by atoms with Crippen LogP contribution in [0.2, 0.25) is 5.02 Å². The molecule has 6 nitrogen and oxygen atoms in total. The van der Waals surface area contributed by atoms with Gasteiger partial charge in [0.15, 0.2) is 12.4 Å². The maximum absolute atomic E-state index is 6.09. The van der Waals surface area contributed by atoms with Gasteiger partial charge in [0.2, 0.25) is 0 Å². The quantitative estimate of drug-likeness (QED) is 0.589. The van der Waals surface area contributed by atoms with Crippen molar-refractivity contribution in [3.05, 3.63) is 65.6 Å². The predicted molar refractivity (Wildman–Crippen MR) is 89.0 cm³/mol. The molecule has 2 heterocycles. The summed E-state index contributed by atoms with van der Waals surface area (Å²) in [6, 6.07) is 11.1. The summed E-state index contributed by atoms with van der Waals surface area (Å²) < 4.78 is 3.67. The maximum atomic E-state index is 6.09. The van der Waals surface area contributed by atoms with E-state index in [0.717, 1.165) is 5.56 Å². The Kier molecular flexibility index (Phi) is 4.34. The van der Waals surface area contributed by atoms with Gasteiger partial charge in [0, 0.05) is 17.2 Å². The first-order valence-corrected chi connectivity index (χ1v) is 7.42. The molecule has 3 aromatic rings. The molecular weight excluding hydrogens is 312 g/mol. The molecule has 0 bridgehead atoms. The van der Waals surface area contributed by atoms with Crippen LogP contribution in [0.3, 0.4) is 0 Å². The van der Waals surface area contributed by atoms with E-state index in [-0.39, 0.29) is 0 Å². The molecule has 1 aromatic carbocycles. The Morgan fingerprint density at radius 3 is 2.52 bits per heavy atom. The Morgan fingerprint density at radius 1 is 1.13 bits per heavy atom. The molecule has 0 atom stereocenters. The number of azo groups is 1. The number of nitrogens with zero attached hydrogens (tertiary/aromatic N) is 5. The van der Waals surface area contributed by atoms with E-state index < -0.39 is 0 Å². The van der Waals surface area contributed by atoms with Crippen LogP contribution in [0.1, 0.15) is 5.56 Å². The van der Waals surface area contributed by atoms with Crippen LogP contribution in [0, 0.1) is 0 Å². The zero-order valence-corrected chi connectivity index (χ0v) is 13.4. The zero-order valence-electron chi connectivity index (χ0n) is 12.6. The SMILES string of the molecule is C[n+]1ccc(Cn2ncc(N=Nc3ccc(Cl)cc3)c2N)cc1. The minimum Gasteiger partial charge on any atom is -0.382 e. The smallest absolute Gasteiger partial charge is 0.168 e. The van der Waals surface area contributed by atoms with Gasteiger partial charge < -0.3 is 5.73 Å². The average Bonchev–Trinajstić information content (AvgIpc) is 2.90. The third kappa shape index (κ3) is 3.73. The number of hydrogen-bond acceptors (Lipinski definition) is 4. The highest BCUT2D eigenvalue weighted by atomic mass is 35.5. The fourth-order valence-electron chi connectivity index (χ4n) is 2.02. The fraction of sp³-hybridized carbons (Fsp3) is 0.125. The molecule has 116 valence electrons. The van der Waals surface area contributed by atoms with Gasteiger partial charge >= 0.3 is 0 Å². The lowest BCUT2D eigenvalue weighted by Gasteiger charge is -2.03. The molecule has 3 rings (SSSR count). The molecule has 0 aliphatic heterocycles. The minimum atomic E-state index is 0.482. The normalized spacial score (nSPS) is 11.2. The second-order valence-corrected chi connectivity index (χ2v) is 5.56. The van der Waals surface area contributed by atoms with Crippen LogP contribution in [0.25, 0.3) is 0 Å². The molecule has 0 saturated carbocycles. The van der Waals surface area contributed by atoms with E-state index in [1.165, 1.54) is 0 Å². The molecule has 7 heteroatoms. The largest absolute Gasteiger partial charge is 0.382 e. The van der Waals surface area contributed by atoms with Crippen LogP contribution in [0.15, 0.2) is 65.2 Å². The highest BCUT2D eigenvalue weighted by molar-refractivity contribution is 6.30. The van der Waals surface area contributed by atoms with E-state index in [1.54, 1.807) is 35.1 Å². The summed E-state index contributed by atoms with van der Waals surface area (Å²) in [5, 5.41) is 13.2. The molecule has 0 spiro atoms. The molecule has 0 saturated heterocycles. The number of aromatic nitrogens is 3. The van der Waals surface area contributed by atoms with Crippen molar-refractivity contribution in [2.45, 2.75) is 6.54 Å². The highest BCUT2D eigenvalue weighted by Gasteiger charge is 2.08. The van der Waals surface area contributed by atoms with Crippen LogP contribution in [-0.4, -0.2) is 9.78 Å². The van der Waals surface area contributed by atoms with Crippen LogP contribution in [0.5, 0.6) is 0 Å². The van der Waals surface area contributed by atoms with Gasteiger partial charge in [-0.25, -0.2) is 9.25 Å². The number of rotatable bonds is 4. The topological polar surface area (TPSA) is 72.4 Å². The van der Waals surface area contributed by atoms with Crippen molar-refractivity contribution >= 4 is 28.8 Å². The van der Waals surface area contributed by atoms with Crippen molar-refractivity contribution in [2.75, 3.05) is 5.73 Å². The summed E-state index contributed by atoms with van der Waals surface area (Å²) in [4.78, 5) is 0. The van der Waals surface area contributed by atoms with E-state index in [1.807, 2.05) is 36.1 Å². The van der Waals surface area contributed by atoms with Gasteiger partial charge in [-0.3, -0.25) is 0 Å². The maximum Gasteiger partial charge on any atom is 0.168 e. The fourth-order valence-corrected chi connectivity index (χ4v) is 2.14. The van der Waals surface area contributed by atoms with Crippen molar-refractivity contribution in [2.24, 2.45) is 17.3 Å². The number of aryl methyl sites for hydroxylation is 1. The number of anilines is 1.